The average molecular weight is 305 g/mol. The van der Waals surface area contributed by atoms with Crippen LogP contribution in [0.15, 0.2) is 41.8 Å². The molecule has 0 amide bonds. The molecule has 6 heteroatoms. The highest BCUT2D eigenvalue weighted by Crippen LogP contribution is 2.22. The van der Waals surface area contributed by atoms with E-state index in [2.05, 4.69) is 5.32 Å². The molecule has 0 bridgehead atoms. The zero-order valence-corrected chi connectivity index (χ0v) is 12.0. The second-order valence-corrected chi connectivity index (χ2v) is 5.53. The molecule has 2 rings (SSSR count). The lowest BCUT2D eigenvalue weighted by atomic mass is 10.1. The fourth-order valence-corrected chi connectivity index (χ4v) is 2.75. The third-order valence-corrected chi connectivity index (χ3v) is 4.00. The van der Waals surface area contributed by atoms with Crippen LogP contribution in [0.3, 0.4) is 0 Å². The Morgan fingerprint density at radius 2 is 1.86 bits per heavy atom. The molecule has 0 saturated heterocycles. The van der Waals surface area contributed by atoms with Crippen LogP contribution in [-0.2, 0) is 11.3 Å². The Morgan fingerprint density at radius 3 is 2.38 bits per heavy atom. The Balaban J connectivity index is 2.01. The molecule has 0 aliphatic rings. The number of thiophene rings is 1. The van der Waals surface area contributed by atoms with Crippen molar-refractivity contribution in [3.05, 3.63) is 57.8 Å². The monoisotopic (exact) mass is 305 g/mol. The van der Waals surface area contributed by atoms with Gasteiger partial charge in [0.15, 0.2) is 0 Å². The summed E-state index contributed by atoms with van der Waals surface area (Å²) < 4.78 is 0. The smallest absolute Gasteiger partial charge is 0.335 e. The van der Waals surface area contributed by atoms with Crippen molar-refractivity contribution in [2.24, 2.45) is 0 Å². The average Bonchev–Trinajstić information content (AvgIpc) is 2.97. The first-order chi connectivity index (χ1) is 10.1. The van der Waals surface area contributed by atoms with E-state index in [1.807, 2.05) is 17.5 Å². The predicted octanol–water partition coefficient (Wildman–Crippen LogP) is 2.75. The summed E-state index contributed by atoms with van der Waals surface area (Å²) in [5.41, 5.74) is 1.14. The summed E-state index contributed by atoms with van der Waals surface area (Å²) in [6.07, 6.45) is 0.00766. The van der Waals surface area contributed by atoms with Gasteiger partial charge in [0.25, 0.3) is 0 Å². The molecule has 0 aliphatic carbocycles. The van der Waals surface area contributed by atoms with Crippen LogP contribution in [0, 0.1) is 0 Å². The lowest BCUT2D eigenvalue weighted by Crippen LogP contribution is -2.22. The van der Waals surface area contributed by atoms with Crippen LogP contribution in [0.4, 0.5) is 0 Å². The number of aliphatic carboxylic acids is 1. The molecule has 0 saturated carbocycles. The minimum Gasteiger partial charge on any atom is -0.481 e. The number of carboxylic acid groups (broad SMARTS) is 2. The van der Waals surface area contributed by atoms with Gasteiger partial charge in [-0.05, 0) is 29.1 Å². The minimum absolute atomic E-state index is 0.00766. The maximum atomic E-state index is 10.9. The topological polar surface area (TPSA) is 86.6 Å². The van der Waals surface area contributed by atoms with Crippen LogP contribution in [-0.4, -0.2) is 22.2 Å². The van der Waals surface area contributed by atoms with Crippen LogP contribution in [0.1, 0.15) is 33.3 Å². The molecule has 110 valence electrons. The summed E-state index contributed by atoms with van der Waals surface area (Å²) in [6.45, 7) is 0.482. The number of aromatic carboxylic acids is 1. The molecule has 0 radical (unpaired) electrons. The third-order valence-electron chi connectivity index (χ3n) is 3.02. The number of hydrogen-bond donors (Lipinski definition) is 3. The number of hydrogen-bond acceptors (Lipinski definition) is 4. The van der Waals surface area contributed by atoms with Gasteiger partial charge >= 0.3 is 11.9 Å². The molecule has 2 aromatic rings. The van der Waals surface area contributed by atoms with E-state index in [0.717, 1.165) is 10.4 Å². The van der Waals surface area contributed by atoms with Gasteiger partial charge in [-0.15, -0.1) is 11.3 Å². The van der Waals surface area contributed by atoms with E-state index in [4.69, 9.17) is 10.2 Å². The van der Waals surface area contributed by atoms with Crippen molar-refractivity contribution in [1.82, 2.24) is 5.32 Å². The van der Waals surface area contributed by atoms with Crippen molar-refractivity contribution in [1.29, 1.82) is 0 Å². The zero-order chi connectivity index (χ0) is 15.2. The quantitative estimate of drug-likeness (QED) is 0.732. The third kappa shape index (κ3) is 4.40. The van der Waals surface area contributed by atoms with Crippen molar-refractivity contribution in [2.75, 3.05) is 0 Å². The van der Waals surface area contributed by atoms with Crippen molar-refractivity contribution in [3.63, 3.8) is 0 Å². The molecule has 0 spiro atoms. The summed E-state index contributed by atoms with van der Waals surface area (Å²) in [5.74, 6) is -1.82. The Labute approximate surface area is 125 Å². The van der Waals surface area contributed by atoms with Crippen molar-refractivity contribution < 1.29 is 19.8 Å². The SMILES string of the molecule is O=C(O)CC(NCc1ccc(C(=O)O)cc1)c1cccs1. The fraction of sp³-hybridized carbons (Fsp3) is 0.200. The predicted molar refractivity (Wildman–Crippen MR) is 79.6 cm³/mol. The summed E-state index contributed by atoms with van der Waals surface area (Å²) in [7, 11) is 0. The molecule has 1 heterocycles. The van der Waals surface area contributed by atoms with E-state index in [9.17, 15) is 9.59 Å². The lowest BCUT2D eigenvalue weighted by molar-refractivity contribution is -0.137. The Morgan fingerprint density at radius 1 is 1.14 bits per heavy atom. The molecular weight excluding hydrogens is 290 g/mol. The van der Waals surface area contributed by atoms with Gasteiger partial charge in [0.05, 0.1) is 18.0 Å². The molecular formula is C15H15NO4S. The lowest BCUT2D eigenvalue weighted by Gasteiger charge is -2.15. The van der Waals surface area contributed by atoms with E-state index in [1.54, 1.807) is 12.1 Å². The standard InChI is InChI=1S/C15H15NO4S/c17-14(18)8-12(13-2-1-7-21-13)16-9-10-3-5-11(6-4-10)15(19)20/h1-7,12,16H,8-9H2,(H,17,18)(H,19,20). The zero-order valence-electron chi connectivity index (χ0n) is 11.2. The van der Waals surface area contributed by atoms with Crippen LogP contribution < -0.4 is 5.32 Å². The maximum absolute atomic E-state index is 10.9. The fourth-order valence-electron chi connectivity index (χ4n) is 1.94. The van der Waals surface area contributed by atoms with Crippen molar-refractivity contribution >= 4 is 23.3 Å². The molecule has 1 aromatic carbocycles. The minimum atomic E-state index is -0.961. The van der Waals surface area contributed by atoms with Gasteiger partial charge in [-0.2, -0.15) is 0 Å². The molecule has 0 aliphatic heterocycles. The Bertz CT molecular complexity index is 607. The van der Waals surface area contributed by atoms with Crippen LogP contribution in [0.5, 0.6) is 0 Å². The number of benzene rings is 1. The normalized spacial score (nSPS) is 12.0. The number of carboxylic acids is 2. The van der Waals surface area contributed by atoms with Gasteiger partial charge in [-0.3, -0.25) is 4.79 Å². The number of nitrogens with one attached hydrogen (secondary N) is 1. The van der Waals surface area contributed by atoms with Crippen LogP contribution in [0.2, 0.25) is 0 Å². The molecule has 1 unspecified atom stereocenters. The first kappa shape index (κ1) is 15.2. The van der Waals surface area contributed by atoms with Crippen molar-refractivity contribution in [3.8, 4) is 0 Å². The first-order valence-electron chi connectivity index (χ1n) is 6.37. The second kappa shape index (κ2) is 7.01. The van der Waals surface area contributed by atoms with Gasteiger partial charge in [0.1, 0.15) is 0 Å². The maximum Gasteiger partial charge on any atom is 0.335 e. The summed E-state index contributed by atoms with van der Waals surface area (Å²) in [4.78, 5) is 22.7. The van der Waals surface area contributed by atoms with E-state index in [-0.39, 0.29) is 18.0 Å². The molecule has 1 aromatic heterocycles. The number of carbonyl (C=O) groups is 2. The van der Waals surface area contributed by atoms with E-state index in [1.165, 1.54) is 23.5 Å². The summed E-state index contributed by atoms with van der Waals surface area (Å²) >= 11 is 1.51. The van der Waals surface area contributed by atoms with Gasteiger partial charge in [-0.25, -0.2) is 4.79 Å². The van der Waals surface area contributed by atoms with Gasteiger partial charge < -0.3 is 15.5 Å². The molecule has 5 nitrogen and oxygen atoms in total. The van der Waals surface area contributed by atoms with Gasteiger partial charge in [0.2, 0.25) is 0 Å². The summed E-state index contributed by atoms with van der Waals surface area (Å²) in [5, 5.41) is 22.9. The summed E-state index contributed by atoms with van der Waals surface area (Å²) in [6, 6.07) is 10.1. The van der Waals surface area contributed by atoms with Crippen LogP contribution >= 0.6 is 11.3 Å². The van der Waals surface area contributed by atoms with E-state index >= 15 is 0 Å². The van der Waals surface area contributed by atoms with Crippen molar-refractivity contribution in [2.45, 2.75) is 19.0 Å². The van der Waals surface area contributed by atoms with E-state index < -0.39 is 11.9 Å². The first-order valence-corrected chi connectivity index (χ1v) is 7.25. The molecule has 0 fully saturated rings. The Hall–Kier alpha value is -2.18. The van der Waals surface area contributed by atoms with E-state index in [0.29, 0.717) is 6.54 Å². The van der Waals surface area contributed by atoms with Crippen LogP contribution in [0.25, 0.3) is 0 Å². The highest BCUT2D eigenvalue weighted by molar-refractivity contribution is 7.10. The molecule has 3 N–H and O–H groups in total. The number of rotatable bonds is 7. The van der Waals surface area contributed by atoms with Gasteiger partial charge in [0, 0.05) is 11.4 Å². The second-order valence-electron chi connectivity index (χ2n) is 4.55. The largest absolute Gasteiger partial charge is 0.481 e. The Kier molecular flexibility index (Phi) is 5.08. The highest BCUT2D eigenvalue weighted by Gasteiger charge is 2.16. The highest BCUT2D eigenvalue weighted by atomic mass is 32.1. The molecule has 1 atom stereocenters. The van der Waals surface area contributed by atoms with Gasteiger partial charge in [-0.1, -0.05) is 18.2 Å². The molecule has 21 heavy (non-hydrogen) atoms.